The topological polar surface area (TPSA) is 66.5 Å². The van der Waals surface area contributed by atoms with Crippen LogP contribution >= 0.6 is 0 Å². The molecular weight excluding hydrogens is 293 g/mol. The van der Waals surface area contributed by atoms with Crippen molar-refractivity contribution in [3.63, 3.8) is 0 Å². The van der Waals surface area contributed by atoms with Gasteiger partial charge in [-0.1, -0.05) is 5.92 Å². The van der Waals surface area contributed by atoms with Gasteiger partial charge >= 0.3 is 0 Å². The Morgan fingerprint density at radius 2 is 2.09 bits per heavy atom. The molecule has 6 heteroatoms. The van der Waals surface area contributed by atoms with E-state index >= 15 is 0 Å². The molecule has 4 aromatic rings. The summed E-state index contributed by atoms with van der Waals surface area (Å²) < 4.78 is 13.7. The fourth-order valence-electron chi connectivity index (χ4n) is 2.42. The van der Waals surface area contributed by atoms with Gasteiger partial charge in [-0.3, -0.25) is 5.10 Å². The van der Waals surface area contributed by atoms with Crippen molar-refractivity contribution in [2.45, 2.75) is 0 Å². The predicted octanol–water partition coefficient (Wildman–Crippen LogP) is 3.37. The smallest absolute Gasteiger partial charge is 0.227 e. The Kier molecular flexibility index (Phi) is 2.91. The minimum Gasteiger partial charge on any atom is -0.323 e. The first-order valence-corrected chi connectivity index (χ1v) is 6.86. The lowest BCUT2D eigenvalue weighted by Gasteiger charge is -2.07. The van der Waals surface area contributed by atoms with E-state index in [4.69, 9.17) is 6.42 Å². The standard InChI is InChI=1S/C17H10FN5/c1-2-10-3-4-14-11(5-10)8-19-17(21-14)22-15-6-12(18)7-16-13(15)9-20-23-16/h1,3-9H,(H,20,23)(H,19,21,22). The van der Waals surface area contributed by atoms with Gasteiger partial charge < -0.3 is 5.32 Å². The van der Waals surface area contributed by atoms with E-state index in [0.29, 0.717) is 17.2 Å². The van der Waals surface area contributed by atoms with Gasteiger partial charge in [-0.15, -0.1) is 6.42 Å². The highest BCUT2D eigenvalue weighted by Gasteiger charge is 2.08. The molecule has 0 aliphatic rings. The molecule has 0 fully saturated rings. The first-order chi connectivity index (χ1) is 11.2. The molecule has 2 aromatic heterocycles. The van der Waals surface area contributed by atoms with Crippen LogP contribution in [0.2, 0.25) is 0 Å². The summed E-state index contributed by atoms with van der Waals surface area (Å²) in [6.07, 6.45) is 8.68. The normalized spacial score (nSPS) is 10.8. The summed E-state index contributed by atoms with van der Waals surface area (Å²) in [6, 6.07) is 8.25. The highest BCUT2D eigenvalue weighted by atomic mass is 19.1. The molecule has 0 unspecified atom stereocenters. The molecule has 2 heterocycles. The summed E-state index contributed by atoms with van der Waals surface area (Å²) in [4.78, 5) is 8.68. The Bertz CT molecular complexity index is 1080. The monoisotopic (exact) mass is 303 g/mol. The van der Waals surface area contributed by atoms with Crippen molar-refractivity contribution < 1.29 is 4.39 Å². The number of rotatable bonds is 2. The van der Waals surface area contributed by atoms with Crippen LogP contribution in [0, 0.1) is 18.2 Å². The van der Waals surface area contributed by atoms with Crippen molar-refractivity contribution in [2.24, 2.45) is 0 Å². The summed E-state index contributed by atoms with van der Waals surface area (Å²) in [6.45, 7) is 0. The summed E-state index contributed by atoms with van der Waals surface area (Å²) in [7, 11) is 0. The van der Waals surface area contributed by atoms with Crippen molar-refractivity contribution in [1.82, 2.24) is 20.2 Å². The zero-order valence-corrected chi connectivity index (χ0v) is 11.8. The van der Waals surface area contributed by atoms with Crippen molar-refractivity contribution in [3.8, 4) is 12.3 Å². The van der Waals surface area contributed by atoms with Crippen molar-refractivity contribution in [3.05, 3.63) is 54.1 Å². The number of nitrogens with zero attached hydrogens (tertiary/aromatic N) is 3. The number of H-pyrrole nitrogens is 1. The summed E-state index contributed by atoms with van der Waals surface area (Å²) in [5.41, 5.74) is 2.67. The second-order valence-electron chi connectivity index (χ2n) is 5.02. The highest BCUT2D eigenvalue weighted by Crippen LogP contribution is 2.26. The fraction of sp³-hybridized carbons (Fsp3) is 0. The molecule has 0 atom stereocenters. The lowest BCUT2D eigenvalue weighted by atomic mass is 10.1. The van der Waals surface area contributed by atoms with Crippen LogP contribution in [0.1, 0.15) is 5.56 Å². The van der Waals surface area contributed by atoms with Crippen LogP contribution in [0.3, 0.4) is 0 Å². The van der Waals surface area contributed by atoms with Crippen LogP contribution < -0.4 is 5.32 Å². The number of hydrogen-bond acceptors (Lipinski definition) is 4. The molecule has 0 bridgehead atoms. The van der Waals surface area contributed by atoms with Crippen LogP contribution in [-0.2, 0) is 0 Å². The molecular formula is C17H10FN5. The second kappa shape index (κ2) is 5.07. The maximum atomic E-state index is 13.7. The Hall–Kier alpha value is -3.46. The first kappa shape index (κ1) is 13.2. The molecule has 0 radical (unpaired) electrons. The van der Waals surface area contributed by atoms with Crippen molar-refractivity contribution >= 4 is 33.4 Å². The quantitative estimate of drug-likeness (QED) is 0.557. The zero-order chi connectivity index (χ0) is 15.8. The molecule has 2 aromatic carbocycles. The molecule has 0 amide bonds. The third-order valence-corrected chi connectivity index (χ3v) is 3.52. The van der Waals surface area contributed by atoms with Crippen LogP contribution in [0.25, 0.3) is 21.8 Å². The summed E-state index contributed by atoms with van der Waals surface area (Å²) in [5.74, 6) is 2.58. The van der Waals surface area contributed by atoms with Crippen LogP contribution in [0.4, 0.5) is 16.0 Å². The SMILES string of the molecule is C#Cc1ccc2nc(Nc3cc(F)cc4[nH]ncc34)ncc2c1. The van der Waals surface area contributed by atoms with E-state index in [0.717, 1.165) is 21.9 Å². The van der Waals surface area contributed by atoms with E-state index in [1.807, 2.05) is 18.2 Å². The Morgan fingerprint density at radius 3 is 2.96 bits per heavy atom. The average Bonchev–Trinajstić information content (AvgIpc) is 3.02. The highest BCUT2D eigenvalue weighted by molar-refractivity contribution is 5.92. The number of hydrogen-bond donors (Lipinski definition) is 2. The van der Waals surface area contributed by atoms with Crippen LogP contribution in [0.15, 0.2) is 42.7 Å². The maximum absolute atomic E-state index is 13.7. The molecule has 5 nitrogen and oxygen atoms in total. The van der Waals surface area contributed by atoms with Gasteiger partial charge in [0.05, 0.1) is 22.9 Å². The molecule has 0 saturated carbocycles. The van der Waals surface area contributed by atoms with Crippen LogP contribution in [0.5, 0.6) is 0 Å². The Morgan fingerprint density at radius 1 is 1.17 bits per heavy atom. The molecule has 2 N–H and O–H groups in total. The van der Waals surface area contributed by atoms with E-state index in [-0.39, 0.29) is 5.82 Å². The number of aromatic nitrogens is 4. The Balaban J connectivity index is 1.77. The van der Waals surface area contributed by atoms with E-state index in [9.17, 15) is 4.39 Å². The zero-order valence-electron chi connectivity index (χ0n) is 11.8. The third-order valence-electron chi connectivity index (χ3n) is 3.52. The number of fused-ring (bicyclic) bond motifs is 2. The number of anilines is 2. The third kappa shape index (κ3) is 2.34. The summed E-state index contributed by atoms with van der Waals surface area (Å²) >= 11 is 0. The number of halogens is 1. The average molecular weight is 303 g/mol. The van der Waals surface area contributed by atoms with Crippen molar-refractivity contribution in [1.29, 1.82) is 0 Å². The van der Waals surface area contributed by atoms with E-state index in [1.54, 1.807) is 12.4 Å². The second-order valence-corrected chi connectivity index (χ2v) is 5.02. The molecule has 0 saturated heterocycles. The van der Waals surface area contributed by atoms with Gasteiger partial charge in [0.15, 0.2) is 0 Å². The first-order valence-electron chi connectivity index (χ1n) is 6.86. The van der Waals surface area contributed by atoms with Gasteiger partial charge in [-0.2, -0.15) is 5.10 Å². The lowest BCUT2D eigenvalue weighted by Crippen LogP contribution is -1.98. The Labute approximate surface area is 130 Å². The minimum atomic E-state index is -0.372. The number of benzene rings is 2. The molecule has 23 heavy (non-hydrogen) atoms. The van der Waals surface area contributed by atoms with Gasteiger partial charge in [0.1, 0.15) is 5.82 Å². The maximum Gasteiger partial charge on any atom is 0.227 e. The molecule has 110 valence electrons. The minimum absolute atomic E-state index is 0.372. The number of aromatic amines is 1. The van der Waals surface area contributed by atoms with Gasteiger partial charge in [-0.05, 0) is 30.3 Å². The predicted molar refractivity (Wildman–Crippen MR) is 86.8 cm³/mol. The van der Waals surface area contributed by atoms with Crippen LogP contribution in [-0.4, -0.2) is 20.2 Å². The van der Waals surface area contributed by atoms with E-state index in [1.165, 1.54) is 12.1 Å². The molecule has 0 aliphatic carbocycles. The fourth-order valence-corrected chi connectivity index (χ4v) is 2.42. The largest absolute Gasteiger partial charge is 0.323 e. The van der Waals surface area contributed by atoms with Gasteiger partial charge in [0, 0.05) is 22.5 Å². The van der Waals surface area contributed by atoms with E-state index < -0.39 is 0 Å². The number of terminal acetylenes is 1. The number of nitrogens with one attached hydrogen (secondary N) is 2. The molecule has 0 aliphatic heterocycles. The molecule has 0 spiro atoms. The lowest BCUT2D eigenvalue weighted by molar-refractivity contribution is 0.630. The molecule has 4 rings (SSSR count). The van der Waals surface area contributed by atoms with Crippen molar-refractivity contribution in [2.75, 3.05) is 5.32 Å². The van der Waals surface area contributed by atoms with Gasteiger partial charge in [-0.25, -0.2) is 14.4 Å². The van der Waals surface area contributed by atoms with E-state index in [2.05, 4.69) is 31.4 Å². The summed E-state index contributed by atoms with van der Waals surface area (Å²) in [5, 5.41) is 11.3. The van der Waals surface area contributed by atoms with Gasteiger partial charge in [0.25, 0.3) is 0 Å². The van der Waals surface area contributed by atoms with Gasteiger partial charge in [0.2, 0.25) is 5.95 Å².